The van der Waals surface area contributed by atoms with Crippen LogP contribution in [0.3, 0.4) is 0 Å². The predicted molar refractivity (Wildman–Crippen MR) is 180 cm³/mol. The fraction of sp³-hybridized carbons (Fsp3) is 0.622. The van der Waals surface area contributed by atoms with Gasteiger partial charge in [-0.1, -0.05) is 65.8 Å². The molecule has 264 valence electrons. The zero-order valence-electron chi connectivity index (χ0n) is 29.4. The van der Waals surface area contributed by atoms with Crippen LogP contribution in [0.4, 0.5) is 0 Å². The Morgan fingerprint density at radius 1 is 0.596 bits per heavy atom. The first-order chi connectivity index (χ1) is 22.3. The second kappa shape index (κ2) is 20.2. The molecule has 6 atom stereocenters. The lowest BCUT2D eigenvalue weighted by Crippen LogP contribution is -2.29. The largest absolute Gasteiger partial charge is 0.491 e. The van der Waals surface area contributed by atoms with E-state index in [-0.39, 0.29) is 67.8 Å². The van der Waals surface area contributed by atoms with E-state index in [9.17, 15) is 19.8 Å². The molecule has 0 saturated carbocycles. The van der Waals surface area contributed by atoms with Gasteiger partial charge in [-0.25, -0.2) is 0 Å². The van der Waals surface area contributed by atoms with Crippen LogP contribution in [0, 0.1) is 11.8 Å². The minimum Gasteiger partial charge on any atom is -0.491 e. The number of esters is 2. The van der Waals surface area contributed by atoms with Crippen LogP contribution in [0.2, 0.25) is 0 Å². The summed E-state index contributed by atoms with van der Waals surface area (Å²) in [6.07, 6.45) is -0.938. The van der Waals surface area contributed by atoms with Gasteiger partial charge in [-0.3, -0.25) is 9.59 Å². The number of rotatable bonds is 22. The van der Waals surface area contributed by atoms with Gasteiger partial charge in [0.05, 0.1) is 37.3 Å². The molecule has 2 aromatic rings. The van der Waals surface area contributed by atoms with E-state index in [1.165, 1.54) is 0 Å². The van der Waals surface area contributed by atoms with Crippen molar-refractivity contribution in [1.29, 1.82) is 0 Å². The van der Waals surface area contributed by atoms with E-state index in [2.05, 4.69) is 13.8 Å². The minimum atomic E-state index is -0.894. The molecular weight excluding hydrogens is 604 g/mol. The third-order valence-electron chi connectivity index (χ3n) is 8.13. The quantitative estimate of drug-likeness (QED) is 0.157. The lowest BCUT2D eigenvalue weighted by atomic mass is 9.78. The van der Waals surface area contributed by atoms with Crippen LogP contribution in [-0.4, -0.2) is 86.2 Å². The van der Waals surface area contributed by atoms with Crippen molar-refractivity contribution in [2.24, 2.45) is 11.8 Å². The van der Waals surface area contributed by atoms with Crippen LogP contribution < -0.4 is 9.47 Å². The summed E-state index contributed by atoms with van der Waals surface area (Å²) in [5.41, 5.74) is 1.97. The summed E-state index contributed by atoms with van der Waals surface area (Å²) in [4.78, 5) is 23.5. The van der Waals surface area contributed by atoms with E-state index >= 15 is 0 Å². The van der Waals surface area contributed by atoms with E-state index in [0.717, 1.165) is 11.1 Å². The van der Waals surface area contributed by atoms with Crippen LogP contribution in [0.25, 0.3) is 0 Å². The summed E-state index contributed by atoms with van der Waals surface area (Å²) in [6.45, 7) is 16.0. The zero-order valence-corrected chi connectivity index (χ0v) is 29.4. The van der Waals surface area contributed by atoms with Gasteiger partial charge >= 0.3 is 11.9 Å². The van der Waals surface area contributed by atoms with Gasteiger partial charge in [-0.05, 0) is 62.1 Å². The van der Waals surface area contributed by atoms with Gasteiger partial charge in [0.1, 0.15) is 50.1 Å². The average Bonchev–Trinajstić information content (AvgIpc) is 3.08. The van der Waals surface area contributed by atoms with Gasteiger partial charge in [0.15, 0.2) is 0 Å². The Morgan fingerprint density at radius 3 is 1.26 bits per heavy atom. The Kier molecular flexibility index (Phi) is 17.2. The van der Waals surface area contributed by atoms with Crippen LogP contribution in [0.15, 0.2) is 48.5 Å². The average molecular weight is 661 g/mol. The molecule has 47 heavy (non-hydrogen) atoms. The molecule has 0 aromatic heterocycles. The smallest absolute Gasteiger partial charge is 0.308 e. The minimum absolute atomic E-state index is 0.0465. The molecule has 2 N–H and O–H groups in total. The summed E-state index contributed by atoms with van der Waals surface area (Å²) >= 11 is 0. The van der Waals surface area contributed by atoms with E-state index in [1.54, 1.807) is 13.8 Å². The molecule has 0 fully saturated rings. The van der Waals surface area contributed by atoms with Crippen molar-refractivity contribution in [1.82, 2.24) is 0 Å². The van der Waals surface area contributed by atoms with Gasteiger partial charge in [-0.15, -0.1) is 0 Å². The Bertz CT molecular complexity index is 1090. The van der Waals surface area contributed by atoms with E-state index in [0.29, 0.717) is 37.6 Å². The lowest BCUT2D eigenvalue weighted by molar-refractivity contribution is -0.153. The number of aliphatic hydroxyl groups is 2. The molecule has 0 heterocycles. The first-order valence-electron chi connectivity index (χ1n) is 16.7. The molecule has 0 amide bonds. The first-order valence-corrected chi connectivity index (χ1v) is 16.7. The third-order valence-corrected chi connectivity index (χ3v) is 8.13. The maximum absolute atomic E-state index is 11.8. The van der Waals surface area contributed by atoms with E-state index in [4.69, 9.17) is 28.4 Å². The molecule has 2 rings (SSSR count). The molecule has 0 bridgehead atoms. The molecule has 0 aliphatic rings. The SMILES string of the molecule is CCC(C)C(=O)OCC(O)COC(C)COc1ccc(C(C)(C)c2ccc(OCC(C)OCC(O)COC(=O)C(C)CC)cc2)cc1. The molecule has 10 heteroatoms. The topological polar surface area (TPSA) is 130 Å². The molecule has 10 nitrogen and oxygen atoms in total. The van der Waals surface area contributed by atoms with Crippen molar-refractivity contribution >= 4 is 11.9 Å². The number of hydrogen-bond acceptors (Lipinski definition) is 10. The molecule has 0 radical (unpaired) electrons. The predicted octanol–water partition coefficient (Wildman–Crippen LogP) is 5.48. The van der Waals surface area contributed by atoms with Gasteiger partial charge in [-0.2, -0.15) is 0 Å². The standard InChI is InChI=1S/C37H56O10/c1-9-25(3)35(40)46-23-31(38)21-42-27(5)19-44-33-15-11-29(12-16-33)37(7,8)30-13-17-34(18-14-30)45-20-28(6)43-22-32(39)24-47-36(41)26(4)10-2/h11-18,25-28,31-32,38-39H,9-10,19-24H2,1-8H3. The van der Waals surface area contributed by atoms with Gasteiger partial charge in [0.25, 0.3) is 0 Å². The summed E-state index contributed by atoms with van der Waals surface area (Å²) in [6, 6.07) is 15.9. The highest BCUT2D eigenvalue weighted by molar-refractivity contribution is 5.72. The van der Waals surface area contributed by atoms with Crippen molar-refractivity contribution < 1.29 is 48.2 Å². The summed E-state index contributed by atoms with van der Waals surface area (Å²) in [5, 5.41) is 20.1. The molecule has 0 aliphatic carbocycles. The van der Waals surface area contributed by atoms with Gasteiger partial charge in [0, 0.05) is 5.41 Å². The second-order valence-corrected chi connectivity index (χ2v) is 12.8. The van der Waals surface area contributed by atoms with Crippen molar-refractivity contribution in [3.63, 3.8) is 0 Å². The molecular formula is C37H56O10. The highest BCUT2D eigenvalue weighted by Crippen LogP contribution is 2.33. The van der Waals surface area contributed by atoms with Crippen molar-refractivity contribution in [2.45, 2.75) is 98.1 Å². The van der Waals surface area contributed by atoms with E-state index < -0.39 is 12.2 Å². The van der Waals surface area contributed by atoms with Crippen LogP contribution in [-0.2, 0) is 34.0 Å². The maximum atomic E-state index is 11.8. The Labute approximate surface area is 280 Å². The second-order valence-electron chi connectivity index (χ2n) is 12.8. The molecule has 2 aromatic carbocycles. The monoisotopic (exact) mass is 660 g/mol. The Morgan fingerprint density at radius 2 is 0.936 bits per heavy atom. The highest BCUT2D eigenvalue weighted by Gasteiger charge is 2.23. The lowest BCUT2D eigenvalue weighted by Gasteiger charge is -2.27. The number of carbonyl (C=O) groups excluding carboxylic acids is 2. The summed E-state index contributed by atoms with van der Waals surface area (Å²) in [7, 11) is 0. The van der Waals surface area contributed by atoms with Crippen LogP contribution in [0.5, 0.6) is 11.5 Å². The van der Waals surface area contributed by atoms with Crippen molar-refractivity contribution in [3.8, 4) is 11.5 Å². The van der Waals surface area contributed by atoms with Crippen molar-refractivity contribution in [3.05, 3.63) is 59.7 Å². The zero-order chi connectivity index (χ0) is 35.0. The summed E-state index contributed by atoms with van der Waals surface area (Å²) in [5.74, 6) is 0.404. The van der Waals surface area contributed by atoms with Gasteiger partial charge in [0.2, 0.25) is 0 Å². The Hall–Kier alpha value is -3.18. The normalized spacial score (nSPS) is 15.5. The van der Waals surface area contributed by atoms with Crippen LogP contribution >= 0.6 is 0 Å². The number of hydrogen-bond donors (Lipinski definition) is 2. The molecule has 0 saturated heterocycles. The maximum Gasteiger partial charge on any atom is 0.308 e. The first kappa shape index (κ1) is 40.0. The van der Waals surface area contributed by atoms with E-state index in [1.807, 2.05) is 76.2 Å². The summed E-state index contributed by atoms with van der Waals surface area (Å²) < 4.78 is 33.3. The number of carbonyl (C=O) groups is 2. The number of ether oxygens (including phenoxy) is 6. The van der Waals surface area contributed by atoms with Crippen molar-refractivity contribution in [2.75, 3.05) is 39.6 Å². The van der Waals surface area contributed by atoms with Gasteiger partial charge < -0.3 is 38.6 Å². The number of benzene rings is 2. The molecule has 0 aliphatic heterocycles. The third kappa shape index (κ3) is 14.2. The van der Waals surface area contributed by atoms with Crippen LogP contribution in [0.1, 0.15) is 79.4 Å². The number of aliphatic hydroxyl groups excluding tert-OH is 2. The molecule has 6 unspecified atom stereocenters. The fourth-order valence-corrected chi connectivity index (χ4v) is 4.25. The fourth-order valence-electron chi connectivity index (χ4n) is 4.25. The highest BCUT2D eigenvalue weighted by atomic mass is 16.6. The molecule has 0 spiro atoms. The Balaban J connectivity index is 1.76.